The summed E-state index contributed by atoms with van der Waals surface area (Å²) in [5.74, 6) is 0.454. The zero-order chi connectivity index (χ0) is 11.0. The summed E-state index contributed by atoms with van der Waals surface area (Å²) < 4.78 is 0. The lowest BCUT2D eigenvalue weighted by Crippen LogP contribution is -2.31. The van der Waals surface area contributed by atoms with Crippen LogP contribution in [0.2, 0.25) is 0 Å². The summed E-state index contributed by atoms with van der Waals surface area (Å²) in [4.78, 5) is 21.7. The van der Waals surface area contributed by atoms with Crippen LogP contribution in [0, 0.1) is 5.92 Å². The molecular weight excluding hydrogens is 180 g/mol. The smallest absolute Gasteiger partial charge is 0.233 e. The van der Waals surface area contributed by atoms with Gasteiger partial charge in [0.15, 0.2) is 0 Å². The second kappa shape index (κ2) is 7.50. The average molecular weight is 200 g/mol. The van der Waals surface area contributed by atoms with Gasteiger partial charge in [-0.1, -0.05) is 13.3 Å². The van der Waals surface area contributed by atoms with Gasteiger partial charge in [-0.15, -0.1) is 0 Å². The number of hydrogen-bond donors (Lipinski definition) is 2. The quantitative estimate of drug-likeness (QED) is 0.627. The Morgan fingerprint density at radius 2 is 2.07 bits per heavy atom. The Balaban J connectivity index is 3.62. The first-order valence-corrected chi connectivity index (χ1v) is 5.06. The van der Waals surface area contributed by atoms with E-state index < -0.39 is 0 Å². The van der Waals surface area contributed by atoms with Crippen molar-refractivity contribution < 1.29 is 9.59 Å². The molecule has 14 heavy (non-hydrogen) atoms. The molecule has 0 radical (unpaired) electrons. The van der Waals surface area contributed by atoms with Gasteiger partial charge in [-0.25, -0.2) is 0 Å². The van der Waals surface area contributed by atoms with Gasteiger partial charge in [0, 0.05) is 13.0 Å². The zero-order valence-corrected chi connectivity index (χ0v) is 9.01. The maximum atomic E-state index is 10.9. The molecule has 0 aromatic rings. The molecule has 0 aromatic carbocycles. The molecule has 0 rings (SSSR count). The maximum Gasteiger partial charge on any atom is 0.233 e. The maximum absolute atomic E-state index is 10.9. The SMILES string of the molecule is CC[C@H](CCNC(=O)CN)CC(C)=O. The minimum absolute atomic E-state index is 0.0312. The van der Waals surface area contributed by atoms with Crippen LogP contribution in [-0.4, -0.2) is 24.8 Å². The molecule has 0 unspecified atom stereocenters. The molecule has 0 saturated heterocycles. The van der Waals surface area contributed by atoms with Gasteiger partial charge in [-0.3, -0.25) is 4.79 Å². The largest absolute Gasteiger partial charge is 0.355 e. The van der Waals surface area contributed by atoms with Gasteiger partial charge in [0.05, 0.1) is 6.54 Å². The standard InChI is InChI=1S/C10H20N2O2/c1-3-9(6-8(2)13)4-5-12-10(14)7-11/h9H,3-7,11H2,1-2H3,(H,12,14)/t9-/m1/s1. The summed E-state index contributed by atoms with van der Waals surface area (Å²) in [6.45, 7) is 4.30. The molecule has 0 bridgehead atoms. The minimum atomic E-state index is -0.136. The normalized spacial score (nSPS) is 12.2. The number of Topliss-reactive ketones (excluding diaryl/α,β-unsaturated/α-hetero) is 1. The molecule has 1 amide bonds. The van der Waals surface area contributed by atoms with Gasteiger partial charge < -0.3 is 15.8 Å². The third-order valence-corrected chi connectivity index (χ3v) is 2.21. The number of carbonyl (C=O) groups is 2. The second-order valence-corrected chi connectivity index (χ2v) is 3.52. The van der Waals surface area contributed by atoms with Crippen LogP contribution in [0.15, 0.2) is 0 Å². The highest BCUT2D eigenvalue weighted by Gasteiger charge is 2.09. The fourth-order valence-electron chi connectivity index (χ4n) is 1.34. The van der Waals surface area contributed by atoms with E-state index in [0.717, 1.165) is 12.8 Å². The molecule has 0 aliphatic heterocycles. The average Bonchev–Trinajstić information content (AvgIpc) is 2.15. The number of carbonyl (C=O) groups excluding carboxylic acids is 2. The van der Waals surface area contributed by atoms with Crippen molar-refractivity contribution in [2.45, 2.75) is 33.1 Å². The molecule has 1 atom stereocenters. The Labute approximate surface area is 85.2 Å². The molecule has 82 valence electrons. The summed E-state index contributed by atoms with van der Waals surface area (Å²) in [7, 11) is 0. The van der Waals surface area contributed by atoms with E-state index in [1.54, 1.807) is 6.92 Å². The van der Waals surface area contributed by atoms with E-state index in [-0.39, 0.29) is 18.2 Å². The number of nitrogens with two attached hydrogens (primary N) is 1. The molecule has 0 aliphatic rings. The van der Waals surface area contributed by atoms with Crippen LogP contribution in [-0.2, 0) is 9.59 Å². The van der Waals surface area contributed by atoms with Crippen molar-refractivity contribution in [1.82, 2.24) is 5.32 Å². The number of rotatable bonds is 7. The van der Waals surface area contributed by atoms with Gasteiger partial charge >= 0.3 is 0 Å². The van der Waals surface area contributed by atoms with Crippen LogP contribution in [0.1, 0.15) is 33.1 Å². The van der Waals surface area contributed by atoms with Crippen LogP contribution >= 0.6 is 0 Å². The summed E-state index contributed by atoms with van der Waals surface area (Å²) >= 11 is 0. The van der Waals surface area contributed by atoms with Crippen LogP contribution in [0.3, 0.4) is 0 Å². The molecule has 0 aliphatic carbocycles. The van der Waals surface area contributed by atoms with Crippen LogP contribution in [0.5, 0.6) is 0 Å². The predicted molar refractivity (Wildman–Crippen MR) is 55.8 cm³/mol. The van der Waals surface area contributed by atoms with E-state index >= 15 is 0 Å². The van der Waals surface area contributed by atoms with Crippen molar-refractivity contribution in [2.75, 3.05) is 13.1 Å². The third kappa shape index (κ3) is 6.60. The highest BCUT2D eigenvalue weighted by Crippen LogP contribution is 2.12. The van der Waals surface area contributed by atoms with E-state index in [4.69, 9.17) is 5.73 Å². The molecule has 3 N–H and O–H groups in total. The fourth-order valence-corrected chi connectivity index (χ4v) is 1.34. The van der Waals surface area contributed by atoms with Gasteiger partial charge in [0.25, 0.3) is 0 Å². The first-order valence-electron chi connectivity index (χ1n) is 5.06. The Kier molecular flexibility index (Phi) is 7.02. The molecule has 4 nitrogen and oxygen atoms in total. The van der Waals surface area contributed by atoms with Crippen molar-refractivity contribution in [1.29, 1.82) is 0 Å². The van der Waals surface area contributed by atoms with Crippen molar-refractivity contribution >= 4 is 11.7 Å². The van der Waals surface area contributed by atoms with Crippen molar-refractivity contribution in [2.24, 2.45) is 11.7 Å². The molecule has 0 heterocycles. The molecule has 0 spiro atoms. The van der Waals surface area contributed by atoms with Gasteiger partial charge in [0.2, 0.25) is 5.91 Å². The van der Waals surface area contributed by atoms with Crippen LogP contribution in [0.4, 0.5) is 0 Å². The lowest BCUT2D eigenvalue weighted by Gasteiger charge is -2.12. The highest BCUT2D eigenvalue weighted by molar-refractivity contribution is 5.77. The third-order valence-electron chi connectivity index (χ3n) is 2.21. The first kappa shape index (κ1) is 13.1. The van der Waals surface area contributed by atoms with Crippen LogP contribution < -0.4 is 11.1 Å². The van der Waals surface area contributed by atoms with Gasteiger partial charge in [0.1, 0.15) is 5.78 Å². The topological polar surface area (TPSA) is 72.2 Å². The van der Waals surface area contributed by atoms with E-state index in [2.05, 4.69) is 12.2 Å². The van der Waals surface area contributed by atoms with E-state index in [0.29, 0.717) is 18.9 Å². The van der Waals surface area contributed by atoms with Crippen LogP contribution in [0.25, 0.3) is 0 Å². The minimum Gasteiger partial charge on any atom is -0.355 e. The summed E-state index contributed by atoms with van der Waals surface area (Å²) in [6.07, 6.45) is 2.43. The Morgan fingerprint density at radius 3 is 2.50 bits per heavy atom. The second-order valence-electron chi connectivity index (χ2n) is 3.52. The van der Waals surface area contributed by atoms with E-state index in [9.17, 15) is 9.59 Å². The molecule has 4 heteroatoms. The number of hydrogen-bond acceptors (Lipinski definition) is 3. The predicted octanol–water partition coefficient (Wildman–Crippen LogP) is 0.457. The highest BCUT2D eigenvalue weighted by atomic mass is 16.1. The summed E-state index contributed by atoms with van der Waals surface area (Å²) in [6, 6.07) is 0. The molecule has 0 saturated carbocycles. The van der Waals surface area contributed by atoms with Crippen molar-refractivity contribution in [3.8, 4) is 0 Å². The molecule has 0 aromatic heterocycles. The lowest BCUT2D eigenvalue weighted by molar-refractivity contribution is -0.119. The molecule has 0 fully saturated rings. The zero-order valence-electron chi connectivity index (χ0n) is 9.01. The Morgan fingerprint density at radius 1 is 1.43 bits per heavy atom. The van der Waals surface area contributed by atoms with E-state index in [1.807, 2.05) is 0 Å². The number of ketones is 1. The summed E-state index contributed by atoms with van der Waals surface area (Å²) in [5, 5.41) is 2.70. The summed E-state index contributed by atoms with van der Waals surface area (Å²) in [5.41, 5.74) is 5.14. The number of nitrogens with one attached hydrogen (secondary N) is 1. The fraction of sp³-hybridized carbons (Fsp3) is 0.800. The Hall–Kier alpha value is -0.900. The van der Waals surface area contributed by atoms with E-state index in [1.165, 1.54) is 0 Å². The van der Waals surface area contributed by atoms with Gasteiger partial charge in [-0.05, 0) is 19.3 Å². The number of amides is 1. The van der Waals surface area contributed by atoms with Gasteiger partial charge in [-0.2, -0.15) is 0 Å². The molecular formula is C10H20N2O2. The lowest BCUT2D eigenvalue weighted by atomic mass is 9.96. The Bertz CT molecular complexity index is 193. The van der Waals surface area contributed by atoms with Crippen molar-refractivity contribution in [3.05, 3.63) is 0 Å². The van der Waals surface area contributed by atoms with Crippen molar-refractivity contribution in [3.63, 3.8) is 0 Å². The monoisotopic (exact) mass is 200 g/mol. The first-order chi connectivity index (χ1) is 6.60.